The van der Waals surface area contributed by atoms with E-state index in [-0.39, 0.29) is 32.0 Å². The van der Waals surface area contributed by atoms with E-state index in [2.05, 4.69) is 74.6 Å². The molecule has 0 saturated carbocycles. The van der Waals surface area contributed by atoms with Crippen LogP contribution in [-0.2, 0) is 32.7 Å². The smallest absolute Gasteiger partial charge is 0.306 e. The number of likely N-dealkylation sites (N-methyl/N-ethyl adjacent to an activating group) is 1. The molecule has 0 rings (SSSR count). The molecular formula is C62H114NO8P. The second-order valence-electron chi connectivity index (χ2n) is 21.3. The zero-order chi connectivity index (χ0) is 52.7. The van der Waals surface area contributed by atoms with Crippen molar-refractivity contribution in [1.82, 2.24) is 0 Å². The third kappa shape index (κ3) is 57.0. The third-order valence-corrected chi connectivity index (χ3v) is 14.0. The Bertz CT molecular complexity index is 1400. The molecule has 9 nitrogen and oxygen atoms in total. The molecule has 0 heterocycles. The van der Waals surface area contributed by atoms with E-state index in [0.717, 1.165) is 77.0 Å². The van der Waals surface area contributed by atoms with Crippen LogP contribution in [0.5, 0.6) is 0 Å². The molecule has 0 saturated heterocycles. The number of quaternary nitrogens is 1. The largest absolute Gasteiger partial charge is 0.756 e. The quantitative estimate of drug-likeness (QED) is 0.0195. The molecule has 2 unspecified atom stereocenters. The van der Waals surface area contributed by atoms with Gasteiger partial charge in [-0.05, 0) is 77.0 Å². The van der Waals surface area contributed by atoms with Crippen LogP contribution >= 0.6 is 7.82 Å². The van der Waals surface area contributed by atoms with Gasteiger partial charge in [0.15, 0.2) is 6.10 Å². The maximum Gasteiger partial charge on any atom is 0.306 e. The molecule has 0 aliphatic carbocycles. The summed E-state index contributed by atoms with van der Waals surface area (Å²) in [5.41, 5.74) is 0. The van der Waals surface area contributed by atoms with Gasteiger partial charge in [-0.3, -0.25) is 14.2 Å². The maximum atomic E-state index is 12.7. The first kappa shape index (κ1) is 69.7. The molecule has 0 fully saturated rings. The number of hydrogen-bond acceptors (Lipinski definition) is 8. The van der Waals surface area contributed by atoms with Crippen LogP contribution in [0.1, 0.15) is 271 Å². The maximum absolute atomic E-state index is 12.7. The molecule has 0 radical (unpaired) electrons. The normalized spacial score (nSPS) is 13.7. The summed E-state index contributed by atoms with van der Waals surface area (Å²) in [5.74, 6) is -0.846. The highest BCUT2D eigenvalue weighted by Gasteiger charge is 2.22. The van der Waals surface area contributed by atoms with Crippen LogP contribution in [0.25, 0.3) is 0 Å². The highest BCUT2D eigenvalue weighted by Crippen LogP contribution is 2.38. The Morgan fingerprint density at radius 1 is 0.444 bits per heavy atom. The minimum atomic E-state index is -4.64. The first-order valence-corrected chi connectivity index (χ1v) is 31.5. The first-order valence-electron chi connectivity index (χ1n) is 30.0. The number of phosphoric acid groups is 1. The lowest BCUT2D eigenvalue weighted by Gasteiger charge is -2.28. The van der Waals surface area contributed by atoms with E-state index in [0.29, 0.717) is 17.4 Å². The number of phosphoric ester groups is 1. The molecule has 0 aromatic carbocycles. The Morgan fingerprint density at radius 2 is 0.792 bits per heavy atom. The van der Waals surface area contributed by atoms with E-state index in [9.17, 15) is 19.0 Å². The predicted octanol–water partition coefficient (Wildman–Crippen LogP) is 18.1. The molecule has 420 valence electrons. The Labute approximate surface area is 445 Å². The summed E-state index contributed by atoms with van der Waals surface area (Å²) in [7, 11) is 1.16. The number of carbonyl (C=O) groups excluding carboxylic acids is 2. The minimum Gasteiger partial charge on any atom is -0.756 e. The number of rotatable bonds is 55. The molecule has 0 aliphatic heterocycles. The number of ether oxygens (including phenoxy) is 2. The van der Waals surface area contributed by atoms with Gasteiger partial charge in [-0.1, -0.05) is 242 Å². The number of allylic oxidation sites excluding steroid dienone is 10. The molecule has 0 bridgehead atoms. The molecule has 0 N–H and O–H groups in total. The second-order valence-corrected chi connectivity index (χ2v) is 22.7. The van der Waals surface area contributed by atoms with Gasteiger partial charge < -0.3 is 27.9 Å². The van der Waals surface area contributed by atoms with Gasteiger partial charge in [0.05, 0.1) is 27.7 Å². The predicted molar refractivity (Wildman–Crippen MR) is 305 cm³/mol. The van der Waals surface area contributed by atoms with Gasteiger partial charge in [0.25, 0.3) is 7.82 Å². The van der Waals surface area contributed by atoms with E-state index in [1.54, 1.807) is 0 Å². The van der Waals surface area contributed by atoms with Crippen molar-refractivity contribution in [3.8, 4) is 0 Å². The molecule has 10 heteroatoms. The van der Waals surface area contributed by atoms with Gasteiger partial charge in [-0.15, -0.1) is 0 Å². The summed E-state index contributed by atoms with van der Waals surface area (Å²) in [6.07, 6.45) is 68.6. The summed E-state index contributed by atoms with van der Waals surface area (Å²) in [5, 5.41) is 0. The second kappa shape index (κ2) is 53.5. The van der Waals surface area contributed by atoms with Crippen LogP contribution in [-0.4, -0.2) is 70.0 Å². The summed E-state index contributed by atoms with van der Waals surface area (Å²) in [6, 6.07) is 0. The monoisotopic (exact) mass is 1030 g/mol. The van der Waals surface area contributed by atoms with Crippen LogP contribution in [0, 0.1) is 0 Å². The van der Waals surface area contributed by atoms with Crippen molar-refractivity contribution in [2.24, 2.45) is 0 Å². The van der Waals surface area contributed by atoms with Crippen molar-refractivity contribution in [3.05, 3.63) is 60.8 Å². The molecule has 0 spiro atoms. The SMILES string of the molecule is CC/C=C\C/C=C\C/C=C\CCCCCCCC(=O)OC(COC(=O)CCCCCCCCCCCCCCCCCCCCCCC/C=C\C/C=C\CCCCCCC)COP(=O)([O-])OCC[N+](C)(C)C. The highest BCUT2D eigenvalue weighted by atomic mass is 31.2. The minimum absolute atomic E-state index is 0.0351. The lowest BCUT2D eigenvalue weighted by Crippen LogP contribution is -2.37. The van der Waals surface area contributed by atoms with Crippen molar-refractivity contribution in [2.45, 2.75) is 277 Å². The van der Waals surface area contributed by atoms with E-state index < -0.39 is 26.5 Å². The summed E-state index contributed by atoms with van der Waals surface area (Å²) < 4.78 is 34.1. The molecule has 0 aromatic heterocycles. The standard InChI is InChI=1S/C62H114NO8P/c1-6-8-10-12-14-16-18-20-22-23-24-25-26-27-28-29-30-31-32-33-34-35-36-37-38-39-41-42-44-46-48-50-52-54-61(64)68-58-60(59-70-72(66,67)69-57-56-63(3,4)5)71-62(65)55-53-51-49-47-45-43-40-21-19-17-15-13-11-9-7-2/h9,11,15,17-18,20-21,23-24,40,60H,6-8,10,12-14,16,19,22,25-39,41-59H2,1-5H3/b11-9-,17-15-,20-18-,24-23-,40-21-. The van der Waals surface area contributed by atoms with Crippen molar-refractivity contribution >= 4 is 19.8 Å². The lowest BCUT2D eigenvalue weighted by atomic mass is 10.0. The zero-order valence-corrected chi connectivity index (χ0v) is 48.5. The van der Waals surface area contributed by atoms with Gasteiger partial charge in [0.1, 0.15) is 19.8 Å². The number of unbranched alkanes of at least 4 members (excludes halogenated alkanes) is 31. The number of carbonyl (C=O) groups is 2. The van der Waals surface area contributed by atoms with Gasteiger partial charge in [-0.25, -0.2) is 0 Å². The van der Waals surface area contributed by atoms with E-state index in [1.807, 2.05) is 21.1 Å². The van der Waals surface area contributed by atoms with E-state index >= 15 is 0 Å². The van der Waals surface area contributed by atoms with Crippen molar-refractivity contribution in [1.29, 1.82) is 0 Å². The van der Waals surface area contributed by atoms with Crippen LogP contribution in [0.2, 0.25) is 0 Å². The first-order chi connectivity index (χ1) is 35.0. The Hall–Kier alpha value is -2.29. The molecule has 72 heavy (non-hydrogen) atoms. The number of nitrogens with zero attached hydrogens (tertiary/aromatic N) is 1. The number of esters is 2. The Morgan fingerprint density at radius 3 is 1.18 bits per heavy atom. The fraction of sp³-hybridized carbons (Fsp3) is 0.806. The molecular weight excluding hydrogens is 918 g/mol. The number of hydrogen-bond donors (Lipinski definition) is 0. The topological polar surface area (TPSA) is 111 Å². The van der Waals surface area contributed by atoms with E-state index in [4.69, 9.17) is 18.5 Å². The van der Waals surface area contributed by atoms with Crippen LogP contribution < -0.4 is 4.89 Å². The van der Waals surface area contributed by atoms with Gasteiger partial charge in [0.2, 0.25) is 0 Å². The van der Waals surface area contributed by atoms with Crippen LogP contribution in [0.3, 0.4) is 0 Å². The fourth-order valence-corrected chi connectivity index (χ4v) is 9.14. The molecule has 0 aliphatic rings. The third-order valence-electron chi connectivity index (χ3n) is 13.0. The summed E-state index contributed by atoms with van der Waals surface area (Å²) in [6.45, 7) is 4.11. The van der Waals surface area contributed by atoms with Gasteiger partial charge in [-0.2, -0.15) is 0 Å². The van der Waals surface area contributed by atoms with Crippen LogP contribution in [0.4, 0.5) is 0 Å². The van der Waals surface area contributed by atoms with Crippen LogP contribution in [0.15, 0.2) is 60.8 Å². The molecule has 0 aromatic rings. The van der Waals surface area contributed by atoms with Gasteiger partial charge >= 0.3 is 11.9 Å². The molecule has 2 atom stereocenters. The average molecular weight is 1030 g/mol. The van der Waals surface area contributed by atoms with Crippen molar-refractivity contribution < 1.29 is 42.1 Å². The van der Waals surface area contributed by atoms with Crippen molar-refractivity contribution in [3.63, 3.8) is 0 Å². The van der Waals surface area contributed by atoms with Gasteiger partial charge in [0, 0.05) is 12.8 Å². The molecule has 0 amide bonds. The van der Waals surface area contributed by atoms with Crippen molar-refractivity contribution in [2.75, 3.05) is 47.5 Å². The summed E-state index contributed by atoms with van der Waals surface area (Å²) >= 11 is 0. The lowest BCUT2D eigenvalue weighted by molar-refractivity contribution is -0.870. The highest BCUT2D eigenvalue weighted by molar-refractivity contribution is 7.45. The summed E-state index contributed by atoms with van der Waals surface area (Å²) in [4.78, 5) is 37.8. The van der Waals surface area contributed by atoms with E-state index in [1.165, 1.54) is 161 Å². The Kier molecular flexibility index (Phi) is 51.8. The Balaban J connectivity index is 3.99. The fourth-order valence-electron chi connectivity index (χ4n) is 8.41. The zero-order valence-electron chi connectivity index (χ0n) is 47.6. The average Bonchev–Trinajstić information content (AvgIpc) is 3.34.